The number of benzene rings is 1. The van der Waals surface area contributed by atoms with Crippen molar-refractivity contribution in [2.45, 2.75) is 11.3 Å². The molecule has 2 unspecified atom stereocenters. The number of ether oxygens (including phenoxy) is 2. The molecule has 0 spiro atoms. The van der Waals surface area contributed by atoms with Crippen molar-refractivity contribution in [3.8, 4) is 11.5 Å². The average molecular weight is 225 g/mol. The third kappa shape index (κ3) is 1.92. The van der Waals surface area contributed by atoms with Gasteiger partial charge in [0.2, 0.25) is 0 Å². The fourth-order valence-electron chi connectivity index (χ4n) is 1.69. The maximum Gasteiger partial charge on any atom is 0.123 e. The lowest BCUT2D eigenvalue weighted by molar-refractivity contribution is 0.396. The van der Waals surface area contributed by atoms with Crippen LogP contribution in [-0.4, -0.2) is 26.0 Å². The van der Waals surface area contributed by atoms with E-state index in [4.69, 9.17) is 15.2 Å². The molecule has 1 saturated heterocycles. The first-order chi connectivity index (χ1) is 7.26. The molecular formula is C11H15NO2S. The third-order valence-electron chi connectivity index (χ3n) is 2.60. The summed E-state index contributed by atoms with van der Waals surface area (Å²) in [5.41, 5.74) is 7.09. The van der Waals surface area contributed by atoms with Crippen molar-refractivity contribution in [3.05, 3.63) is 23.8 Å². The second-order valence-corrected chi connectivity index (χ2v) is 4.70. The normalized spacial score (nSPS) is 24.5. The largest absolute Gasteiger partial charge is 0.497 e. The summed E-state index contributed by atoms with van der Waals surface area (Å²) >= 11 is 1.85. The fraction of sp³-hybridized carbons (Fsp3) is 0.455. The molecule has 0 amide bonds. The Morgan fingerprint density at radius 3 is 2.60 bits per heavy atom. The number of hydrogen-bond donors (Lipinski definition) is 1. The molecule has 15 heavy (non-hydrogen) atoms. The van der Waals surface area contributed by atoms with E-state index in [2.05, 4.69) is 0 Å². The van der Waals surface area contributed by atoms with E-state index >= 15 is 0 Å². The Kier molecular flexibility index (Phi) is 3.07. The van der Waals surface area contributed by atoms with Crippen molar-refractivity contribution in [3.63, 3.8) is 0 Å². The highest BCUT2D eigenvalue weighted by Gasteiger charge is 2.32. The van der Waals surface area contributed by atoms with E-state index in [-0.39, 0.29) is 6.04 Å². The molecule has 1 fully saturated rings. The zero-order valence-corrected chi connectivity index (χ0v) is 9.71. The highest BCUT2D eigenvalue weighted by atomic mass is 32.2. The molecule has 0 aromatic heterocycles. The monoisotopic (exact) mass is 225 g/mol. The summed E-state index contributed by atoms with van der Waals surface area (Å²) < 4.78 is 10.5. The van der Waals surface area contributed by atoms with Gasteiger partial charge in [0.05, 0.1) is 14.2 Å². The lowest BCUT2D eigenvalue weighted by Gasteiger charge is -2.34. The Labute approximate surface area is 93.9 Å². The topological polar surface area (TPSA) is 44.5 Å². The summed E-state index contributed by atoms with van der Waals surface area (Å²) in [5.74, 6) is 2.76. The number of hydrogen-bond acceptors (Lipinski definition) is 4. The van der Waals surface area contributed by atoms with Gasteiger partial charge in [-0.15, -0.1) is 0 Å². The van der Waals surface area contributed by atoms with Crippen molar-refractivity contribution < 1.29 is 9.47 Å². The first kappa shape index (κ1) is 10.6. The van der Waals surface area contributed by atoms with Gasteiger partial charge >= 0.3 is 0 Å². The predicted molar refractivity (Wildman–Crippen MR) is 62.7 cm³/mol. The quantitative estimate of drug-likeness (QED) is 0.852. The lowest BCUT2D eigenvalue weighted by Crippen LogP contribution is -2.37. The minimum absolute atomic E-state index is 0.232. The number of thioether (sulfide) groups is 1. The van der Waals surface area contributed by atoms with Crippen molar-refractivity contribution in [1.82, 2.24) is 0 Å². The van der Waals surface area contributed by atoms with E-state index in [0.717, 1.165) is 22.8 Å². The Balaban J connectivity index is 2.33. The summed E-state index contributed by atoms with van der Waals surface area (Å²) in [6, 6.07) is 6.07. The lowest BCUT2D eigenvalue weighted by atomic mass is 10.0. The van der Waals surface area contributed by atoms with Crippen molar-refractivity contribution in [2.24, 2.45) is 5.73 Å². The van der Waals surface area contributed by atoms with Gasteiger partial charge in [-0.05, 0) is 18.2 Å². The Morgan fingerprint density at radius 1 is 1.33 bits per heavy atom. The van der Waals surface area contributed by atoms with Crippen LogP contribution in [0.15, 0.2) is 18.2 Å². The van der Waals surface area contributed by atoms with Gasteiger partial charge in [-0.25, -0.2) is 0 Å². The molecule has 0 saturated carbocycles. The second-order valence-electron chi connectivity index (χ2n) is 3.53. The highest BCUT2D eigenvalue weighted by molar-refractivity contribution is 8.01. The molecule has 4 heteroatoms. The van der Waals surface area contributed by atoms with Gasteiger partial charge in [0.15, 0.2) is 0 Å². The SMILES string of the molecule is COc1ccc(OC)c(C2SCC2N)c1. The average Bonchev–Trinajstić information content (AvgIpc) is 2.27. The summed E-state index contributed by atoms with van der Waals surface area (Å²) in [5, 5.41) is 0.343. The zero-order valence-electron chi connectivity index (χ0n) is 8.90. The highest BCUT2D eigenvalue weighted by Crippen LogP contribution is 2.45. The van der Waals surface area contributed by atoms with Gasteiger partial charge in [-0.2, -0.15) is 11.8 Å². The standard InChI is InChI=1S/C11H15NO2S/c1-13-7-3-4-10(14-2)8(5-7)11-9(12)6-15-11/h3-5,9,11H,6,12H2,1-2H3. The molecule has 2 N–H and O–H groups in total. The van der Waals surface area contributed by atoms with Crippen molar-refractivity contribution in [1.29, 1.82) is 0 Å². The molecule has 2 atom stereocenters. The Hall–Kier alpha value is -0.870. The molecule has 1 heterocycles. The van der Waals surface area contributed by atoms with E-state index in [0.29, 0.717) is 5.25 Å². The Morgan fingerprint density at radius 2 is 2.13 bits per heavy atom. The van der Waals surface area contributed by atoms with E-state index in [1.807, 2.05) is 30.0 Å². The van der Waals surface area contributed by atoms with E-state index in [1.165, 1.54) is 0 Å². The summed E-state index contributed by atoms with van der Waals surface area (Å²) in [6.07, 6.45) is 0. The molecule has 1 aliphatic heterocycles. The molecule has 0 radical (unpaired) electrons. The first-order valence-electron chi connectivity index (χ1n) is 4.85. The summed E-state index contributed by atoms with van der Waals surface area (Å²) in [6.45, 7) is 0. The Bertz CT molecular complexity index is 356. The molecule has 3 nitrogen and oxygen atoms in total. The molecule has 1 aliphatic rings. The maximum absolute atomic E-state index is 5.95. The van der Waals surface area contributed by atoms with Crippen LogP contribution in [0.5, 0.6) is 11.5 Å². The van der Waals surface area contributed by atoms with Crippen LogP contribution < -0.4 is 15.2 Å². The molecule has 0 bridgehead atoms. The van der Waals surface area contributed by atoms with Gasteiger partial charge in [-0.1, -0.05) is 0 Å². The van der Waals surface area contributed by atoms with Crippen LogP contribution >= 0.6 is 11.8 Å². The van der Waals surface area contributed by atoms with E-state index in [1.54, 1.807) is 14.2 Å². The first-order valence-corrected chi connectivity index (χ1v) is 5.90. The summed E-state index contributed by atoms with van der Waals surface area (Å²) in [7, 11) is 3.35. The van der Waals surface area contributed by atoms with Crippen LogP contribution in [0.25, 0.3) is 0 Å². The van der Waals surface area contributed by atoms with E-state index in [9.17, 15) is 0 Å². The summed E-state index contributed by atoms with van der Waals surface area (Å²) in [4.78, 5) is 0. The van der Waals surface area contributed by atoms with Gasteiger partial charge in [0.1, 0.15) is 11.5 Å². The maximum atomic E-state index is 5.95. The van der Waals surface area contributed by atoms with Crippen molar-refractivity contribution >= 4 is 11.8 Å². The van der Waals surface area contributed by atoms with Crippen molar-refractivity contribution in [2.75, 3.05) is 20.0 Å². The number of rotatable bonds is 3. The minimum atomic E-state index is 0.232. The minimum Gasteiger partial charge on any atom is -0.497 e. The molecule has 2 rings (SSSR count). The van der Waals surface area contributed by atoms with Crippen LogP contribution in [-0.2, 0) is 0 Å². The van der Waals surface area contributed by atoms with Crippen LogP contribution in [0.1, 0.15) is 10.8 Å². The van der Waals surface area contributed by atoms with Crippen LogP contribution in [0, 0.1) is 0 Å². The molecule has 0 aliphatic carbocycles. The van der Waals surface area contributed by atoms with Crippen LogP contribution in [0.4, 0.5) is 0 Å². The van der Waals surface area contributed by atoms with E-state index < -0.39 is 0 Å². The molecule has 1 aromatic rings. The van der Waals surface area contributed by atoms with Crippen LogP contribution in [0.3, 0.4) is 0 Å². The molecule has 1 aromatic carbocycles. The number of nitrogens with two attached hydrogens (primary N) is 1. The predicted octanol–water partition coefficient (Wildman–Crippen LogP) is 1.82. The van der Waals surface area contributed by atoms with Crippen LogP contribution in [0.2, 0.25) is 0 Å². The van der Waals surface area contributed by atoms with Gasteiger partial charge in [-0.3, -0.25) is 0 Å². The van der Waals surface area contributed by atoms with Gasteiger partial charge in [0.25, 0.3) is 0 Å². The molecular weight excluding hydrogens is 210 g/mol. The molecule has 82 valence electrons. The smallest absolute Gasteiger partial charge is 0.123 e. The fourth-order valence-corrected chi connectivity index (χ4v) is 2.66. The third-order valence-corrected chi connectivity index (χ3v) is 4.14. The van der Waals surface area contributed by atoms with Gasteiger partial charge < -0.3 is 15.2 Å². The van der Waals surface area contributed by atoms with Gasteiger partial charge in [0, 0.05) is 22.6 Å². The second kappa shape index (κ2) is 4.33. The zero-order chi connectivity index (χ0) is 10.8. The number of methoxy groups -OCH3 is 2.